The third kappa shape index (κ3) is 3.92. The van der Waals surface area contributed by atoms with Gasteiger partial charge in [-0.15, -0.1) is 0 Å². The van der Waals surface area contributed by atoms with Crippen LogP contribution in [0, 0.1) is 11.3 Å². The fourth-order valence-electron chi connectivity index (χ4n) is 2.15. The molecule has 2 heteroatoms. The number of carbonyl (C=O) groups excluding carboxylic acids is 1. The molecule has 1 unspecified atom stereocenters. The number of Topliss-reactive ketones (excluding diaryl/α,β-unsaturated/α-hetero) is 1. The van der Waals surface area contributed by atoms with Crippen LogP contribution in [-0.2, 0) is 4.79 Å². The van der Waals surface area contributed by atoms with Gasteiger partial charge in [-0.25, -0.2) is 4.39 Å². The molecular weight excluding hydrogens is 191 g/mol. The van der Waals surface area contributed by atoms with Crippen LogP contribution >= 0.6 is 0 Å². The van der Waals surface area contributed by atoms with E-state index in [1.807, 2.05) is 20.8 Å². The molecule has 1 saturated carbocycles. The summed E-state index contributed by atoms with van der Waals surface area (Å²) in [4.78, 5) is 11.7. The summed E-state index contributed by atoms with van der Waals surface area (Å²) in [5.74, 6) is 0.200. The van der Waals surface area contributed by atoms with E-state index in [0.29, 0.717) is 0 Å². The largest absolute Gasteiger partial charge is 0.299 e. The zero-order chi connectivity index (χ0) is 11.5. The van der Waals surface area contributed by atoms with E-state index in [0.717, 1.165) is 25.7 Å². The van der Waals surface area contributed by atoms with Crippen LogP contribution in [0.1, 0.15) is 59.3 Å². The Bertz CT molecular complexity index is 211. The standard InChI is InChI=1S/C13H23FO/c1-13(2,3)12(15)9-11(14)10-7-5-4-6-8-10/h10-11H,4-9H2,1-3H3. The van der Waals surface area contributed by atoms with Crippen molar-refractivity contribution in [2.75, 3.05) is 0 Å². The summed E-state index contributed by atoms with van der Waals surface area (Å²) in [6, 6.07) is 0. The van der Waals surface area contributed by atoms with Crippen LogP contribution in [0.4, 0.5) is 4.39 Å². The lowest BCUT2D eigenvalue weighted by molar-refractivity contribution is -0.128. The molecule has 0 aromatic heterocycles. The third-order valence-electron chi connectivity index (χ3n) is 3.38. The van der Waals surface area contributed by atoms with E-state index >= 15 is 0 Å². The minimum atomic E-state index is -0.906. The Hall–Kier alpha value is -0.400. The van der Waals surface area contributed by atoms with E-state index in [1.54, 1.807) is 0 Å². The van der Waals surface area contributed by atoms with Gasteiger partial charge in [0.15, 0.2) is 0 Å². The molecule has 0 saturated heterocycles. The normalized spacial score (nSPS) is 21.3. The van der Waals surface area contributed by atoms with Gasteiger partial charge in [0.05, 0.1) is 0 Å². The molecule has 0 spiro atoms. The van der Waals surface area contributed by atoms with Gasteiger partial charge in [0, 0.05) is 11.8 Å². The second-order valence-electron chi connectivity index (χ2n) is 5.79. The first-order valence-corrected chi connectivity index (χ1v) is 6.08. The lowest BCUT2D eigenvalue weighted by Gasteiger charge is -2.26. The van der Waals surface area contributed by atoms with E-state index in [1.165, 1.54) is 6.42 Å². The number of hydrogen-bond donors (Lipinski definition) is 0. The molecule has 0 N–H and O–H groups in total. The van der Waals surface area contributed by atoms with Gasteiger partial charge in [-0.1, -0.05) is 40.0 Å². The zero-order valence-corrected chi connectivity index (χ0v) is 10.2. The molecule has 88 valence electrons. The van der Waals surface area contributed by atoms with Crippen molar-refractivity contribution < 1.29 is 9.18 Å². The first-order chi connectivity index (χ1) is 6.91. The lowest BCUT2D eigenvalue weighted by Crippen LogP contribution is -2.28. The van der Waals surface area contributed by atoms with Crippen molar-refractivity contribution in [2.45, 2.75) is 65.5 Å². The Balaban J connectivity index is 2.40. The molecule has 0 aliphatic heterocycles. The molecule has 0 heterocycles. The summed E-state index contributed by atoms with van der Waals surface area (Å²) in [5, 5.41) is 0. The SMILES string of the molecule is CC(C)(C)C(=O)CC(F)C1CCCCC1. The quantitative estimate of drug-likeness (QED) is 0.696. The Morgan fingerprint density at radius 2 is 1.80 bits per heavy atom. The van der Waals surface area contributed by atoms with Crippen molar-refractivity contribution in [1.29, 1.82) is 0 Å². The van der Waals surface area contributed by atoms with Gasteiger partial charge >= 0.3 is 0 Å². The Morgan fingerprint density at radius 3 is 2.27 bits per heavy atom. The summed E-state index contributed by atoms with van der Waals surface area (Å²) < 4.78 is 13.8. The van der Waals surface area contributed by atoms with Crippen molar-refractivity contribution in [2.24, 2.45) is 11.3 Å². The van der Waals surface area contributed by atoms with Crippen LogP contribution in [0.15, 0.2) is 0 Å². The van der Waals surface area contributed by atoms with E-state index in [-0.39, 0.29) is 23.5 Å². The van der Waals surface area contributed by atoms with E-state index in [9.17, 15) is 9.18 Å². The molecular formula is C13H23FO. The average Bonchev–Trinajstić information content (AvgIpc) is 2.17. The highest BCUT2D eigenvalue weighted by molar-refractivity contribution is 5.84. The lowest BCUT2D eigenvalue weighted by atomic mass is 9.81. The molecule has 15 heavy (non-hydrogen) atoms. The predicted octanol–water partition coefficient (Wildman–Crippen LogP) is 3.91. The minimum absolute atomic E-state index is 0.0561. The first kappa shape index (κ1) is 12.7. The Labute approximate surface area is 92.4 Å². The van der Waals surface area contributed by atoms with Crippen LogP contribution in [-0.4, -0.2) is 12.0 Å². The molecule has 0 radical (unpaired) electrons. The predicted molar refractivity (Wildman–Crippen MR) is 60.6 cm³/mol. The van der Waals surface area contributed by atoms with Crippen LogP contribution in [0.25, 0.3) is 0 Å². The smallest absolute Gasteiger partial charge is 0.141 e. The highest BCUT2D eigenvalue weighted by atomic mass is 19.1. The number of alkyl halides is 1. The van der Waals surface area contributed by atoms with Gasteiger partial charge in [-0.05, 0) is 18.8 Å². The highest BCUT2D eigenvalue weighted by Crippen LogP contribution is 2.31. The van der Waals surface area contributed by atoms with Gasteiger partial charge in [0.25, 0.3) is 0 Å². The molecule has 0 bridgehead atoms. The fourth-order valence-corrected chi connectivity index (χ4v) is 2.15. The van der Waals surface area contributed by atoms with Crippen molar-refractivity contribution in [1.82, 2.24) is 0 Å². The average molecular weight is 214 g/mol. The molecule has 1 fully saturated rings. The molecule has 1 aliphatic rings. The molecule has 0 aromatic carbocycles. The highest BCUT2D eigenvalue weighted by Gasteiger charge is 2.29. The number of ketones is 1. The second kappa shape index (κ2) is 5.09. The maximum absolute atomic E-state index is 13.8. The van der Waals surface area contributed by atoms with Crippen LogP contribution in [0.3, 0.4) is 0 Å². The van der Waals surface area contributed by atoms with Gasteiger partial charge < -0.3 is 0 Å². The Kier molecular flexibility index (Phi) is 4.30. The maximum atomic E-state index is 13.8. The summed E-state index contributed by atoms with van der Waals surface area (Å²) in [7, 11) is 0. The van der Waals surface area contributed by atoms with Gasteiger partial charge in [-0.3, -0.25) is 4.79 Å². The number of rotatable bonds is 3. The summed E-state index contributed by atoms with van der Waals surface area (Å²) >= 11 is 0. The van der Waals surface area contributed by atoms with E-state index in [2.05, 4.69) is 0 Å². The molecule has 1 aliphatic carbocycles. The van der Waals surface area contributed by atoms with Crippen LogP contribution < -0.4 is 0 Å². The second-order valence-corrected chi connectivity index (χ2v) is 5.79. The van der Waals surface area contributed by atoms with Crippen LogP contribution in [0.5, 0.6) is 0 Å². The molecule has 1 nitrogen and oxygen atoms in total. The first-order valence-electron chi connectivity index (χ1n) is 6.08. The molecule has 0 aromatic rings. The van der Waals surface area contributed by atoms with Gasteiger partial charge in [0.1, 0.15) is 12.0 Å². The third-order valence-corrected chi connectivity index (χ3v) is 3.38. The van der Waals surface area contributed by atoms with Crippen molar-refractivity contribution >= 4 is 5.78 Å². The molecule has 1 rings (SSSR count). The fraction of sp³-hybridized carbons (Fsp3) is 0.923. The number of halogens is 1. The Morgan fingerprint density at radius 1 is 1.27 bits per heavy atom. The van der Waals surface area contributed by atoms with Crippen molar-refractivity contribution in [3.8, 4) is 0 Å². The van der Waals surface area contributed by atoms with E-state index < -0.39 is 6.17 Å². The molecule has 1 atom stereocenters. The summed E-state index contributed by atoms with van der Waals surface area (Å²) in [5.41, 5.74) is -0.390. The minimum Gasteiger partial charge on any atom is -0.299 e. The zero-order valence-electron chi connectivity index (χ0n) is 10.2. The van der Waals surface area contributed by atoms with Crippen molar-refractivity contribution in [3.63, 3.8) is 0 Å². The van der Waals surface area contributed by atoms with Crippen molar-refractivity contribution in [3.05, 3.63) is 0 Å². The maximum Gasteiger partial charge on any atom is 0.141 e. The summed E-state index contributed by atoms with van der Waals surface area (Å²) in [6.07, 6.45) is 4.66. The van der Waals surface area contributed by atoms with E-state index in [4.69, 9.17) is 0 Å². The van der Waals surface area contributed by atoms with Crippen LogP contribution in [0.2, 0.25) is 0 Å². The van der Waals surface area contributed by atoms with Gasteiger partial charge in [-0.2, -0.15) is 0 Å². The number of hydrogen-bond acceptors (Lipinski definition) is 1. The molecule has 0 amide bonds. The topological polar surface area (TPSA) is 17.1 Å². The van der Waals surface area contributed by atoms with Gasteiger partial charge in [0.2, 0.25) is 0 Å². The monoisotopic (exact) mass is 214 g/mol. The number of carbonyl (C=O) groups is 1. The summed E-state index contributed by atoms with van der Waals surface area (Å²) in [6.45, 7) is 5.59.